The van der Waals surface area contributed by atoms with E-state index in [0.717, 1.165) is 66.3 Å². The van der Waals surface area contributed by atoms with Crippen LogP contribution in [0.1, 0.15) is 0 Å². The maximum absolute atomic E-state index is 5.25. The first-order chi connectivity index (χ1) is 26.8. The standard InChI is InChI=1S/C47H29N7/c1-3-13-32(14-4-1)51-29-48-44-45(51)36-19-9-12-22-43(36)54-46(44)49-47(50-54)53-40-21-11-8-18-35(40)38-28-31(24-26-42(38)53)30-23-25-41-37(27-30)34-17-7-10-20-39(34)52(41)33-15-5-2-6-16-33/h1-29H. The fraction of sp³-hybridized carbons (Fsp3) is 0. The van der Waals surface area contributed by atoms with Gasteiger partial charge in [0.05, 0.1) is 33.1 Å². The zero-order valence-corrected chi connectivity index (χ0v) is 28.9. The van der Waals surface area contributed by atoms with Crippen molar-refractivity contribution < 1.29 is 0 Å². The quantitative estimate of drug-likeness (QED) is 0.185. The molecule has 0 N–H and O–H groups in total. The molecule has 0 unspecified atom stereocenters. The third kappa shape index (κ3) is 4.03. The molecular formula is C47H29N7. The van der Waals surface area contributed by atoms with Gasteiger partial charge < -0.3 is 4.57 Å². The molecule has 0 saturated heterocycles. The summed E-state index contributed by atoms with van der Waals surface area (Å²) in [6, 6.07) is 60.1. The van der Waals surface area contributed by atoms with E-state index in [9.17, 15) is 0 Å². The van der Waals surface area contributed by atoms with Crippen LogP contribution in [0.25, 0.3) is 99.6 Å². The van der Waals surface area contributed by atoms with E-state index in [4.69, 9.17) is 15.1 Å². The van der Waals surface area contributed by atoms with Gasteiger partial charge in [-0.05, 0) is 77.9 Å². The predicted molar refractivity (Wildman–Crippen MR) is 219 cm³/mol. The lowest BCUT2D eigenvalue weighted by Gasteiger charge is -2.08. The summed E-state index contributed by atoms with van der Waals surface area (Å²) < 4.78 is 8.64. The van der Waals surface area contributed by atoms with E-state index >= 15 is 0 Å². The van der Waals surface area contributed by atoms with Gasteiger partial charge in [-0.15, -0.1) is 5.10 Å². The molecule has 7 heteroatoms. The molecule has 0 aliphatic rings. The highest BCUT2D eigenvalue weighted by molar-refractivity contribution is 6.13. The van der Waals surface area contributed by atoms with Crippen molar-refractivity contribution in [3.63, 3.8) is 0 Å². The van der Waals surface area contributed by atoms with Crippen LogP contribution in [0.4, 0.5) is 0 Å². The van der Waals surface area contributed by atoms with Gasteiger partial charge in [0.15, 0.2) is 5.65 Å². The Morgan fingerprint density at radius 3 is 1.59 bits per heavy atom. The van der Waals surface area contributed by atoms with Crippen LogP contribution < -0.4 is 0 Å². The van der Waals surface area contributed by atoms with Gasteiger partial charge >= 0.3 is 0 Å². The van der Waals surface area contributed by atoms with Crippen molar-refractivity contribution in [2.24, 2.45) is 0 Å². The highest BCUT2D eigenvalue weighted by Crippen LogP contribution is 2.38. The van der Waals surface area contributed by atoms with E-state index in [0.29, 0.717) is 5.95 Å². The number of para-hydroxylation sites is 5. The highest BCUT2D eigenvalue weighted by atomic mass is 15.4. The van der Waals surface area contributed by atoms with Gasteiger partial charge in [0.25, 0.3) is 5.95 Å². The van der Waals surface area contributed by atoms with Crippen molar-refractivity contribution >= 4 is 71.2 Å². The van der Waals surface area contributed by atoms with Crippen LogP contribution in [0.2, 0.25) is 0 Å². The Morgan fingerprint density at radius 1 is 0.407 bits per heavy atom. The number of rotatable bonds is 4. The molecule has 0 saturated carbocycles. The third-order valence-electron chi connectivity index (χ3n) is 10.9. The van der Waals surface area contributed by atoms with Crippen LogP contribution in [0.3, 0.4) is 0 Å². The summed E-state index contributed by atoms with van der Waals surface area (Å²) in [5, 5.41) is 11.0. The molecule has 0 atom stereocenters. The second kappa shape index (κ2) is 11.0. The van der Waals surface area contributed by atoms with Gasteiger partial charge in [-0.1, -0.05) is 103 Å². The normalized spacial score (nSPS) is 12.1. The zero-order chi connectivity index (χ0) is 35.3. The maximum Gasteiger partial charge on any atom is 0.254 e. The first-order valence-corrected chi connectivity index (χ1v) is 18.1. The van der Waals surface area contributed by atoms with Gasteiger partial charge in [-0.3, -0.25) is 9.13 Å². The van der Waals surface area contributed by atoms with Crippen molar-refractivity contribution in [3.8, 4) is 28.5 Å². The molecule has 0 bridgehead atoms. The molecule has 54 heavy (non-hydrogen) atoms. The van der Waals surface area contributed by atoms with Crippen LogP contribution >= 0.6 is 0 Å². The minimum atomic E-state index is 0.607. The Morgan fingerprint density at radius 2 is 0.926 bits per heavy atom. The molecule has 12 rings (SSSR count). The van der Waals surface area contributed by atoms with Crippen molar-refractivity contribution in [2.45, 2.75) is 0 Å². The molecule has 7 nitrogen and oxygen atoms in total. The van der Waals surface area contributed by atoms with E-state index in [2.05, 4.69) is 165 Å². The number of hydrogen-bond donors (Lipinski definition) is 0. The topological polar surface area (TPSA) is 57.9 Å². The van der Waals surface area contributed by atoms with E-state index < -0.39 is 0 Å². The minimum Gasteiger partial charge on any atom is -0.309 e. The van der Waals surface area contributed by atoms with E-state index in [1.165, 1.54) is 27.4 Å². The van der Waals surface area contributed by atoms with Gasteiger partial charge in [-0.25, -0.2) is 9.50 Å². The minimum absolute atomic E-state index is 0.607. The molecule has 7 aromatic carbocycles. The van der Waals surface area contributed by atoms with Gasteiger partial charge in [0.1, 0.15) is 11.8 Å². The number of benzene rings is 7. The van der Waals surface area contributed by atoms with E-state index in [-0.39, 0.29) is 0 Å². The highest BCUT2D eigenvalue weighted by Gasteiger charge is 2.22. The number of pyridine rings is 1. The lowest BCUT2D eigenvalue weighted by atomic mass is 10.0. The van der Waals surface area contributed by atoms with Gasteiger partial charge in [0, 0.05) is 38.3 Å². The lowest BCUT2D eigenvalue weighted by Crippen LogP contribution is -1.98. The summed E-state index contributed by atoms with van der Waals surface area (Å²) in [6.45, 7) is 0. The summed E-state index contributed by atoms with van der Waals surface area (Å²) in [6.07, 6.45) is 1.89. The summed E-state index contributed by atoms with van der Waals surface area (Å²) >= 11 is 0. The fourth-order valence-corrected chi connectivity index (χ4v) is 8.51. The zero-order valence-electron chi connectivity index (χ0n) is 28.9. The van der Waals surface area contributed by atoms with Gasteiger partial charge in [0.2, 0.25) is 0 Å². The van der Waals surface area contributed by atoms with Crippen LogP contribution in [0.5, 0.6) is 0 Å². The van der Waals surface area contributed by atoms with Crippen molar-refractivity contribution in [1.29, 1.82) is 0 Å². The Kier molecular flexibility index (Phi) is 5.93. The maximum atomic E-state index is 5.25. The van der Waals surface area contributed by atoms with Crippen molar-refractivity contribution in [2.75, 3.05) is 0 Å². The molecule has 0 fully saturated rings. The molecule has 5 aromatic heterocycles. The smallest absolute Gasteiger partial charge is 0.254 e. The second-order valence-electron chi connectivity index (χ2n) is 13.8. The largest absolute Gasteiger partial charge is 0.309 e. The van der Waals surface area contributed by atoms with Crippen LogP contribution in [0, 0.1) is 0 Å². The number of hydrogen-bond acceptors (Lipinski definition) is 3. The van der Waals surface area contributed by atoms with Crippen LogP contribution in [0.15, 0.2) is 176 Å². The summed E-state index contributed by atoms with van der Waals surface area (Å²) in [5.41, 5.74) is 12.5. The van der Waals surface area contributed by atoms with Crippen molar-refractivity contribution in [1.82, 2.24) is 33.3 Å². The number of aromatic nitrogens is 7. The van der Waals surface area contributed by atoms with Crippen LogP contribution in [-0.2, 0) is 0 Å². The first kappa shape index (κ1) is 29.1. The summed E-state index contributed by atoms with van der Waals surface area (Å²) in [7, 11) is 0. The molecule has 0 spiro atoms. The molecule has 0 aliphatic carbocycles. The van der Waals surface area contributed by atoms with Crippen LogP contribution in [-0.4, -0.2) is 33.3 Å². The molecule has 0 radical (unpaired) electrons. The Labute approximate surface area is 308 Å². The number of imidazole rings is 1. The number of fused-ring (bicyclic) bond motifs is 12. The molecule has 5 heterocycles. The molecule has 0 aliphatic heterocycles. The SMILES string of the molecule is c1ccc(-n2cnc3c2c2ccccc2n2nc(-n4c5ccccc5c5cc(-c6ccc7c(c6)c6ccccc6n7-c6ccccc6)ccc54)nc32)cc1. The Hall–Kier alpha value is -7.51. The summed E-state index contributed by atoms with van der Waals surface area (Å²) in [5.74, 6) is 0.607. The fourth-order valence-electron chi connectivity index (χ4n) is 8.51. The van der Waals surface area contributed by atoms with Gasteiger partial charge in [-0.2, -0.15) is 4.98 Å². The molecule has 252 valence electrons. The molecule has 0 amide bonds. The third-order valence-corrected chi connectivity index (χ3v) is 10.9. The Bertz CT molecular complexity index is 3440. The lowest BCUT2D eigenvalue weighted by molar-refractivity contribution is 0.942. The monoisotopic (exact) mass is 691 g/mol. The summed E-state index contributed by atoms with van der Waals surface area (Å²) in [4.78, 5) is 10.2. The van der Waals surface area contributed by atoms with E-state index in [1.54, 1.807) is 0 Å². The number of nitrogens with zero attached hydrogens (tertiary/aromatic N) is 7. The molecular weight excluding hydrogens is 663 g/mol. The van der Waals surface area contributed by atoms with Crippen molar-refractivity contribution in [3.05, 3.63) is 176 Å². The second-order valence-corrected chi connectivity index (χ2v) is 13.8. The Balaban J connectivity index is 1.06. The average molecular weight is 692 g/mol. The predicted octanol–water partition coefficient (Wildman–Crippen LogP) is 11.1. The first-order valence-electron chi connectivity index (χ1n) is 18.1. The van der Waals surface area contributed by atoms with E-state index in [1.807, 2.05) is 29.0 Å². The average Bonchev–Trinajstić information content (AvgIpc) is 4.02. The molecule has 12 aromatic rings.